The Kier molecular flexibility index (Phi) is 27.8. The largest absolute Gasteiger partial charge is 0.480 e. The Balaban J connectivity index is 1.69. The van der Waals surface area contributed by atoms with Crippen molar-refractivity contribution in [3.63, 3.8) is 0 Å². The zero-order chi connectivity index (χ0) is 59.1. The number of hydrogen-bond donors (Lipinski definition) is 16. The number of aldehydes is 1. The second kappa shape index (κ2) is 34.9. The van der Waals surface area contributed by atoms with Gasteiger partial charge in [0.1, 0.15) is 48.6 Å². The Bertz CT molecular complexity index is 2730. The van der Waals surface area contributed by atoms with Crippen molar-refractivity contribution in [3.05, 3.63) is 108 Å². The lowest BCUT2D eigenvalue weighted by Crippen LogP contribution is -2.61. The number of aliphatic carboxylic acids is 1. The van der Waals surface area contributed by atoms with Gasteiger partial charge in [0.25, 0.3) is 0 Å². The topological polar surface area (TPSA) is 419 Å². The van der Waals surface area contributed by atoms with E-state index in [1.54, 1.807) is 86.0 Å². The van der Waals surface area contributed by atoms with Crippen molar-refractivity contribution in [2.75, 3.05) is 33.3 Å². The van der Waals surface area contributed by atoms with E-state index in [1.165, 1.54) is 6.92 Å². The number of ether oxygens (including phenoxy) is 1. The number of para-hydroxylation sites is 1. The predicted octanol–water partition coefficient (Wildman–Crippen LogP) is -0.827. The number of rotatable bonds is 37. The maximum absolute atomic E-state index is 14.8. The van der Waals surface area contributed by atoms with E-state index in [1.807, 2.05) is 12.1 Å². The van der Waals surface area contributed by atoms with E-state index in [-0.39, 0.29) is 83.0 Å². The minimum atomic E-state index is -1.50. The molecule has 0 aliphatic heterocycles. The van der Waals surface area contributed by atoms with Crippen molar-refractivity contribution < 1.29 is 53.0 Å². The van der Waals surface area contributed by atoms with Crippen LogP contribution in [0.4, 0.5) is 0 Å². The molecule has 0 radical (unpaired) electrons. The third-order valence-corrected chi connectivity index (χ3v) is 12.7. The summed E-state index contributed by atoms with van der Waals surface area (Å²) in [5.41, 5.74) is 13.6. The summed E-state index contributed by atoms with van der Waals surface area (Å²) in [6.07, 6.45) is 2.44. The summed E-state index contributed by atoms with van der Waals surface area (Å²) in [5.74, 6) is -7.50. The van der Waals surface area contributed by atoms with Crippen LogP contribution >= 0.6 is 0 Å². The molecule has 0 bridgehead atoms. The molecule has 0 aliphatic rings. The Hall–Kier alpha value is -8.91. The fourth-order valence-corrected chi connectivity index (χ4v) is 8.56. The van der Waals surface area contributed by atoms with Gasteiger partial charge in [-0.15, -0.1) is 0 Å². The smallest absolute Gasteiger partial charge is 0.326 e. The van der Waals surface area contributed by atoms with Crippen LogP contribution in [0.25, 0.3) is 10.9 Å². The third kappa shape index (κ3) is 23.5. The molecule has 7 atom stereocenters. The summed E-state index contributed by atoms with van der Waals surface area (Å²) in [6, 6.07) is 15.2. The van der Waals surface area contributed by atoms with Gasteiger partial charge in [-0.05, 0) is 81.3 Å². The van der Waals surface area contributed by atoms with Crippen molar-refractivity contribution in [1.29, 1.82) is 10.8 Å². The molecule has 81 heavy (non-hydrogen) atoms. The van der Waals surface area contributed by atoms with Crippen molar-refractivity contribution in [2.45, 2.75) is 120 Å². The van der Waals surface area contributed by atoms with E-state index in [9.17, 15) is 48.3 Å². The number of aromatic nitrogens is 1. The minimum absolute atomic E-state index is 0.0119. The lowest BCUT2D eigenvalue weighted by Gasteiger charge is -2.28. The summed E-state index contributed by atoms with van der Waals surface area (Å²) in [7, 11) is 1.71. The second-order valence-electron chi connectivity index (χ2n) is 19.2. The number of aromatic amines is 1. The van der Waals surface area contributed by atoms with Crippen LogP contribution in [0.1, 0.15) is 75.0 Å². The fourth-order valence-electron chi connectivity index (χ4n) is 8.56. The summed E-state index contributed by atoms with van der Waals surface area (Å²) in [5, 5.41) is 52.7. The van der Waals surface area contributed by atoms with Crippen LogP contribution in [0.2, 0.25) is 0 Å². The Labute approximate surface area is 469 Å². The normalized spacial score (nSPS) is 13.5. The number of amides is 7. The van der Waals surface area contributed by atoms with Crippen molar-refractivity contribution >= 4 is 76.4 Å². The molecule has 18 N–H and O–H groups in total. The number of nitrogens with two attached hydrogens (primary N) is 2. The van der Waals surface area contributed by atoms with Gasteiger partial charge in [0.2, 0.25) is 41.4 Å². The van der Waals surface area contributed by atoms with Gasteiger partial charge in [0, 0.05) is 56.4 Å². The molecule has 3 aromatic carbocycles. The van der Waals surface area contributed by atoms with E-state index in [4.69, 9.17) is 27.0 Å². The first-order valence-electron chi connectivity index (χ1n) is 26.7. The third-order valence-electron chi connectivity index (χ3n) is 12.7. The second-order valence-corrected chi connectivity index (χ2v) is 19.2. The van der Waals surface area contributed by atoms with E-state index in [2.05, 4.69) is 58.2 Å². The van der Waals surface area contributed by atoms with E-state index in [0.29, 0.717) is 36.8 Å². The van der Waals surface area contributed by atoms with Gasteiger partial charge in [-0.2, -0.15) is 0 Å². The number of carboxylic acids is 1. The average molecular weight is 1120 g/mol. The van der Waals surface area contributed by atoms with Crippen LogP contribution in [-0.2, 0) is 67.3 Å². The molecule has 438 valence electrons. The van der Waals surface area contributed by atoms with Gasteiger partial charge < -0.3 is 84.3 Å². The molecule has 4 rings (SSSR count). The highest BCUT2D eigenvalue weighted by Gasteiger charge is 2.35. The number of fused-ring (bicyclic) bond motifs is 1. The Morgan fingerprint density at radius 1 is 0.568 bits per heavy atom. The van der Waals surface area contributed by atoms with Crippen molar-refractivity contribution in [2.24, 2.45) is 11.5 Å². The first-order valence-corrected chi connectivity index (χ1v) is 26.7. The Morgan fingerprint density at radius 3 is 1.53 bits per heavy atom. The maximum Gasteiger partial charge on any atom is 0.326 e. The van der Waals surface area contributed by atoms with E-state index in [0.717, 1.165) is 16.5 Å². The SMILES string of the molecule is CNCCCC(NC(=O)[C@H](CCCNC(=N)N)NC(C)=O)C(=O)N[C@@H](COCc1ccccc1)C(=O)NC(Cc1ccccc1)C(=O)N[C@@H](CCCNC(=N)N)C(=O)N[C@@H](Cc1c[nH]c2ccccc12)C(=O)NC(CCC=O)C(=O)O. The predicted molar refractivity (Wildman–Crippen MR) is 302 cm³/mol. The van der Waals surface area contributed by atoms with E-state index >= 15 is 0 Å². The van der Waals surface area contributed by atoms with Gasteiger partial charge in [-0.25, -0.2) is 4.79 Å². The number of carbonyl (C=O) groups is 9. The monoisotopic (exact) mass is 1120 g/mol. The molecule has 1 aromatic heterocycles. The van der Waals surface area contributed by atoms with Crippen molar-refractivity contribution in [1.82, 2.24) is 58.2 Å². The van der Waals surface area contributed by atoms with E-state index < -0.39 is 96.2 Å². The number of carboxylic acid groups (broad SMARTS) is 1. The number of H-pyrrole nitrogens is 1. The molecule has 0 fully saturated rings. The number of nitrogens with one attached hydrogen (secondary N) is 13. The molecular formula is C55H77N15O11. The molecule has 3 unspecified atom stereocenters. The van der Waals surface area contributed by atoms with Gasteiger partial charge in [-0.3, -0.25) is 44.4 Å². The molecule has 4 aromatic rings. The molecule has 26 nitrogen and oxygen atoms in total. The number of benzene rings is 3. The standard InChI is InChI=1S/C55H77N15O11/c1-34(72)64-40(22-12-26-61-54(56)57)47(73)65-41(21-11-25-60-2)49(75)70-46(33-81-32-36-17-7-4-8-18-36)52(78)68-44(29-35-15-5-3-6-16-35)50(76)66-42(23-13-27-62-55(58)59)48(74)69-45(51(77)67-43(53(79)80)24-14-28-71)30-37-31-63-39-20-10-9-19-38(37)39/h3-10,15-20,28,31,40-46,60,63H,11-14,21-27,29-30,32-33H2,1-2H3,(H,64,72)(H,65,73)(H,66,76)(H,67,77)(H,68,78)(H,69,74)(H,70,75)(H,79,80)(H4,56,57,61)(H4,58,59,62)/t40-,41?,42-,43?,44?,45-,46-/m0/s1. The van der Waals surface area contributed by atoms with Gasteiger partial charge in [0.05, 0.1) is 13.2 Å². The summed E-state index contributed by atoms with van der Waals surface area (Å²) in [4.78, 5) is 125. The minimum Gasteiger partial charge on any atom is -0.480 e. The number of guanidine groups is 2. The van der Waals surface area contributed by atoms with Crippen molar-refractivity contribution in [3.8, 4) is 0 Å². The summed E-state index contributed by atoms with van der Waals surface area (Å²) < 4.78 is 6.00. The molecule has 0 aliphatic carbocycles. The molecule has 1 heterocycles. The molecule has 0 saturated heterocycles. The fraction of sp³-hybridized carbons (Fsp3) is 0.436. The molecule has 0 saturated carbocycles. The first-order chi connectivity index (χ1) is 38.9. The molecule has 0 spiro atoms. The summed E-state index contributed by atoms with van der Waals surface area (Å²) in [6.45, 7) is 1.59. The van der Waals surface area contributed by atoms with Gasteiger partial charge in [-0.1, -0.05) is 78.9 Å². The zero-order valence-electron chi connectivity index (χ0n) is 45.6. The summed E-state index contributed by atoms with van der Waals surface area (Å²) >= 11 is 0. The van der Waals surface area contributed by atoms with Crippen LogP contribution in [0.5, 0.6) is 0 Å². The maximum atomic E-state index is 14.8. The quantitative estimate of drug-likeness (QED) is 0.0113. The highest BCUT2D eigenvalue weighted by molar-refractivity contribution is 5.98. The molecule has 26 heteroatoms. The van der Waals surface area contributed by atoms with Gasteiger partial charge in [0.15, 0.2) is 11.9 Å². The average Bonchev–Trinajstić information content (AvgIpc) is 3.93. The van der Waals surface area contributed by atoms with Crippen LogP contribution in [0, 0.1) is 10.8 Å². The van der Waals surface area contributed by atoms with Crippen LogP contribution in [-0.4, -0.2) is 151 Å². The van der Waals surface area contributed by atoms with Crippen LogP contribution < -0.4 is 64.6 Å². The highest BCUT2D eigenvalue weighted by Crippen LogP contribution is 2.20. The Morgan fingerprint density at radius 2 is 1.01 bits per heavy atom. The van der Waals surface area contributed by atoms with Crippen LogP contribution in [0.3, 0.4) is 0 Å². The van der Waals surface area contributed by atoms with Gasteiger partial charge >= 0.3 is 5.97 Å². The number of hydrogen-bond acceptors (Lipinski definition) is 13. The molecular weight excluding hydrogens is 1050 g/mol. The lowest BCUT2D eigenvalue weighted by molar-refractivity contribution is -0.142. The first kappa shape index (κ1) is 64.6. The number of carbonyl (C=O) groups excluding carboxylic acids is 8. The highest BCUT2D eigenvalue weighted by atomic mass is 16.5. The zero-order valence-corrected chi connectivity index (χ0v) is 45.6. The lowest BCUT2D eigenvalue weighted by atomic mass is 10.0. The molecule has 7 amide bonds. The van der Waals surface area contributed by atoms with Crippen LogP contribution in [0.15, 0.2) is 91.1 Å².